The lowest BCUT2D eigenvalue weighted by molar-refractivity contribution is -0.139. The molecule has 2 heterocycles. The Hall–Kier alpha value is -0.780. The molecule has 0 bridgehead atoms. The summed E-state index contributed by atoms with van der Waals surface area (Å²) in [6.45, 7) is 5.57. The number of piperidine rings is 1. The summed E-state index contributed by atoms with van der Waals surface area (Å²) in [6, 6.07) is -0.117. The summed E-state index contributed by atoms with van der Waals surface area (Å²) in [5.41, 5.74) is 4.28. The van der Waals surface area contributed by atoms with Crippen molar-refractivity contribution >= 4 is 17.5 Å². The first-order valence-corrected chi connectivity index (χ1v) is 9.72. The zero-order valence-corrected chi connectivity index (χ0v) is 15.4. The van der Waals surface area contributed by atoms with Gasteiger partial charge in [0.05, 0.1) is 12.2 Å². The molecule has 3 rings (SSSR count). The fourth-order valence-corrected chi connectivity index (χ4v) is 4.32. The van der Waals surface area contributed by atoms with Gasteiger partial charge in [0.2, 0.25) is 5.91 Å². The van der Waals surface area contributed by atoms with Gasteiger partial charge in [-0.25, -0.2) is 5.43 Å². The minimum atomic E-state index is -0.117. The third-order valence-corrected chi connectivity index (χ3v) is 5.94. The number of likely N-dealkylation sites (tertiary alicyclic amines) is 1. The summed E-state index contributed by atoms with van der Waals surface area (Å²) in [5.74, 6) is 0.214. The van der Waals surface area contributed by atoms with Gasteiger partial charge in [-0.2, -0.15) is 0 Å². The van der Waals surface area contributed by atoms with Crippen LogP contribution in [0.5, 0.6) is 0 Å². The lowest BCUT2D eigenvalue weighted by atomic mass is 9.96. The minimum Gasteiger partial charge on any atom is -0.375 e. The fourth-order valence-electron chi connectivity index (χ4n) is 3.96. The van der Waals surface area contributed by atoms with Crippen LogP contribution in [0.3, 0.4) is 0 Å². The van der Waals surface area contributed by atoms with Crippen LogP contribution in [-0.4, -0.2) is 59.6 Å². The van der Waals surface area contributed by atoms with E-state index < -0.39 is 0 Å². The van der Waals surface area contributed by atoms with E-state index in [1.165, 1.54) is 6.42 Å². The Morgan fingerprint density at radius 1 is 1.21 bits per heavy atom. The Labute approximate surface area is 150 Å². The van der Waals surface area contributed by atoms with Crippen molar-refractivity contribution in [3.8, 4) is 0 Å². The lowest BCUT2D eigenvalue weighted by Gasteiger charge is -2.39. The molecule has 3 fully saturated rings. The monoisotopic (exact) mass is 355 g/mol. The molecular weight excluding hydrogens is 326 g/mol. The molecule has 136 valence electrons. The number of hydrogen-bond donors (Lipinski definition) is 1. The van der Waals surface area contributed by atoms with Gasteiger partial charge >= 0.3 is 0 Å². The van der Waals surface area contributed by atoms with E-state index in [0.29, 0.717) is 6.10 Å². The first-order chi connectivity index (χ1) is 11.5. The van der Waals surface area contributed by atoms with Gasteiger partial charge in [-0.1, -0.05) is 6.58 Å². The van der Waals surface area contributed by atoms with Crippen molar-refractivity contribution in [2.75, 3.05) is 20.1 Å². The number of carbonyl (C=O) groups is 1. The number of hydrazine groups is 1. The Morgan fingerprint density at radius 2 is 1.96 bits per heavy atom. The Bertz CT molecular complexity index is 465. The summed E-state index contributed by atoms with van der Waals surface area (Å²) in [4.78, 5) is 14.7. The van der Waals surface area contributed by atoms with Crippen LogP contribution in [0.2, 0.25) is 0 Å². The molecule has 0 spiro atoms. The van der Waals surface area contributed by atoms with Crippen LogP contribution in [0, 0.1) is 0 Å². The van der Waals surface area contributed by atoms with Crippen LogP contribution < -0.4 is 5.43 Å². The van der Waals surface area contributed by atoms with Crippen LogP contribution in [0.25, 0.3) is 0 Å². The number of carbonyl (C=O) groups excluding carboxylic acids is 1. The average molecular weight is 356 g/mol. The van der Waals surface area contributed by atoms with E-state index in [0.717, 1.165) is 63.7 Å². The van der Waals surface area contributed by atoms with E-state index in [9.17, 15) is 4.79 Å². The second kappa shape index (κ2) is 8.07. The minimum absolute atomic E-state index is 0.117. The van der Waals surface area contributed by atoms with Gasteiger partial charge in [-0.15, -0.1) is 11.6 Å². The van der Waals surface area contributed by atoms with E-state index in [2.05, 4.69) is 12.0 Å². The van der Waals surface area contributed by atoms with E-state index in [1.807, 2.05) is 17.0 Å². The molecule has 0 aromatic heterocycles. The topological polar surface area (TPSA) is 44.8 Å². The maximum atomic E-state index is 12.7. The van der Waals surface area contributed by atoms with Crippen molar-refractivity contribution in [1.82, 2.24) is 15.3 Å². The van der Waals surface area contributed by atoms with Crippen LogP contribution >= 0.6 is 11.6 Å². The second-order valence-electron chi connectivity index (χ2n) is 7.39. The molecule has 2 aliphatic heterocycles. The number of nitrogens with one attached hydrogen (secondary N) is 1. The molecule has 1 saturated carbocycles. The van der Waals surface area contributed by atoms with Crippen LogP contribution in [-0.2, 0) is 9.53 Å². The smallest absolute Gasteiger partial charge is 0.241 e. The average Bonchev–Trinajstić information content (AvgIpc) is 2.57. The van der Waals surface area contributed by atoms with Gasteiger partial charge < -0.3 is 14.6 Å². The van der Waals surface area contributed by atoms with Gasteiger partial charge in [-0.3, -0.25) is 4.79 Å². The molecule has 5 nitrogen and oxygen atoms in total. The van der Waals surface area contributed by atoms with E-state index in [4.69, 9.17) is 16.3 Å². The zero-order valence-electron chi connectivity index (χ0n) is 14.7. The van der Waals surface area contributed by atoms with Gasteiger partial charge in [0.15, 0.2) is 0 Å². The van der Waals surface area contributed by atoms with Crippen molar-refractivity contribution in [1.29, 1.82) is 0 Å². The first kappa shape index (κ1) is 18.0. The second-order valence-corrected chi connectivity index (χ2v) is 8.01. The first-order valence-electron chi connectivity index (χ1n) is 9.29. The predicted octanol–water partition coefficient (Wildman–Crippen LogP) is 2.66. The summed E-state index contributed by atoms with van der Waals surface area (Å²) in [5, 5.41) is 2.16. The van der Waals surface area contributed by atoms with Crippen molar-refractivity contribution in [3.63, 3.8) is 0 Å². The van der Waals surface area contributed by atoms with Crippen LogP contribution in [0.4, 0.5) is 0 Å². The quantitative estimate of drug-likeness (QED) is 0.790. The molecule has 3 aliphatic rings. The van der Waals surface area contributed by atoms with E-state index in [-0.39, 0.29) is 23.4 Å². The highest BCUT2D eigenvalue weighted by Crippen LogP contribution is 2.28. The fraction of sp³-hybridized carbons (Fsp3) is 0.833. The number of alkyl halides is 1. The highest BCUT2D eigenvalue weighted by Gasteiger charge is 2.32. The van der Waals surface area contributed by atoms with Crippen LogP contribution in [0.1, 0.15) is 51.4 Å². The Balaban J connectivity index is 1.43. The van der Waals surface area contributed by atoms with E-state index in [1.54, 1.807) is 0 Å². The molecule has 0 aromatic rings. The van der Waals surface area contributed by atoms with Crippen molar-refractivity contribution in [2.45, 2.75) is 75.0 Å². The summed E-state index contributed by atoms with van der Waals surface area (Å²) < 4.78 is 6.25. The third-order valence-electron chi connectivity index (χ3n) is 5.54. The highest BCUT2D eigenvalue weighted by atomic mass is 35.5. The number of rotatable bonds is 3. The molecule has 3 atom stereocenters. The normalized spacial score (nSPS) is 32.9. The number of ether oxygens (including phenoxy) is 1. The number of allylic oxidation sites excluding steroid dienone is 1. The molecule has 1 amide bonds. The highest BCUT2D eigenvalue weighted by molar-refractivity contribution is 6.20. The molecule has 2 saturated heterocycles. The molecule has 0 aromatic carbocycles. The predicted molar refractivity (Wildman–Crippen MR) is 95.6 cm³/mol. The maximum absolute atomic E-state index is 12.7. The zero-order chi connectivity index (χ0) is 17.1. The Kier molecular flexibility index (Phi) is 6.06. The standard InChI is InChI=1S/C18H30ClN3O2/c1-13-6-7-17(20-21(13)2)18(23)22-10-8-15(9-11-22)24-16-5-3-4-14(19)12-16/h14-17,20H,1,3-12H2,2H3. The molecule has 0 radical (unpaired) electrons. The van der Waals surface area contributed by atoms with Gasteiger partial charge in [0.25, 0.3) is 0 Å². The summed E-state index contributed by atoms with van der Waals surface area (Å²) in [7, 11) is 1.93. The SMILES string of the molecule is C=C1CCC(C(=O)N2CCC(OC3CCCC(Cl)C3)CC2)NN1C. The van der Waals surface area contributed by atoms with Crippen molar-refractivity contribution in [3.05, 3.63) is 12.3 Å². The van der Waals surface area contributed by atoms with Gasteiger partial charge in [0, 0.05) is 31.2 Å². The summed E-state index contributed by atoms with van der Waals surface area (Å²) in [6.07, 6.45) is 8.56. The summed E-state index contributed by atoms with van der Waals surface area (Å²) >= 11 is 6.25. The van der Waals surface area contributed by atoms with Crippen molar-refractivity contribution in [2.24, 2.45) is 0 Å². The lowest BCUT2D eigenvalue weighted by Crippen LogP contribution is -2.55. The number of nitrogens with zero attached hydrogens (tertiary/aromatic N) is 2. The molecule has 1 aliphatic carbocycles. The molecule has 6 heteroatoms. The van der Waals surface area contributed by atoms with Gasteiger partial charge in [-0.05, 0) is 51.4 Å². The molecule has 24 heavy (non-hydrogen) atoms. The van der Waals surface area contributed by atoms with Crippen molar-refractivity contribution < 1.29 is 9.53 Å². The number of halogens is 1. The van der Waals surface area contributed by atoms with Crippen LogP contribution in [0.15, 0.2) is 12.3 Å². The van der Waals surface area contributed by atoms with E-state index >= 15 is 0 Å². The maximum Gasteiger partial charge on any atom is 0.241 e. The molecular formula is C18H30ClN3O2. The number of hydrogen-bond acceptors (Lipinski definition) is 4. The third kappa shape index (κ3) is 4.44. The molecule has 1 N–H and O–H groups in total. The Morgan fingerprint density at radius 3 is 2.62 bits per heavy atom. The van der Waals surface area contributed by atoms with Gasteiger partial charge in [0.1, 0.15) is 6.04 Å². The molecule has 3 unspecified atom stereocenters. The number of amides is 1. The largest absolute Gasteiger partial charge is 0.375 e.